The monoisotopic (exact) mass is 288 g/mol. The Morgan fingerprint density at radius 1 is 1.14 bits per heavy atom. The Hall–Kier alpha value is -2.36. The van der Waals surface area contributed by atoms with Crippen LogP contribution in [0.15, 0.2) is 30.3 Å². The van der Waals surface area contributed by atoms with Crippen LogP contribution in [0.5, 0.6) is 5.75 Å². The molecular formula is C17H17FO3. The minimum absolute atomic E-state index is 0.196. The Morgan fingerprint density at radius 3 is 2.29 bits per heavy atom. The predicted molar refractivity (Wildman–Crippen MR) is 78.3 cm³/mol. The van der Waals surface area contributed by atoms with E-state index in [4.69, 9.17) is 9.84 Å². The lowest BCUT2D eigenvalue weighted by molar-refractivity contribution is 0.0692. The number of halogens is 1. The highest BCUT2D eigenvalue weighted by atomic mass is 19.1. The average molecular weight is 288 g/mol. The Morgan fingerprint density at radius 2 is 1.76 bits per heavy atom. The van der Waals surface area contributed by atoms with Crippen LogP contribution in [-0.2, 0) is 6.61 Å². The van der Waals surface area contributed by atoms with Gasteiger partial charge in [0.2, 0.25) is 0 Å². The first-order chi connectivity index (χ1) is 9.88. The Kier molecular flexibility index (Phi) is 4.26. The summed E-state index contributed by atoms with van der Waals surface area (Å²) >= 11 is 0. The van der Waals surface area contributed by atoms with Crippen molar-refractivity contribution in [1.82, 2.24) is 0 Å². The number of carbonyl (C=O) groups is 1. The Bertz CT molecular complexity index is 669. The first kappa shape index (κ1) is 15.0. The predicted octanol–water partition coefficient (Wildman–Crippen LogP) is 4.03. The fourth-order valence-corrected chi connectivity index (χ4v) is 2.37. The molecule has 0 fully saturated rings. The van der Waals surface area contributed by atoms with Gasteiger partial charge in [-0.15, -0.1) is 0 Å². The molecule has 0 aliphatic rings. The zero-order valence-corrected chi connectivity index (χ0v) is 12.2. The molecule has 110 valence electrons. The number of aromatic carboxylic acids is 1. The van der Waals surface area contributed by atoms with E-state index in [0.29, 0.717) is 5.56 Å². The van der Waals surface area contributed by atoms with Gasteiger partial charge in [-0.1, -0.05) is 23.8 Å². The van der Waals surface area contributed by atoms with Crippen LogP contribution in [0.1, 0.15) is 32.6 Å². The number of hydrogen-bond donors (Lipinski definition) is 1. The summed E-state index contributed by atoms with van der Waals surface area (Å²) in [6.45, 7) is 6.14. The number of ether oxygens (including phenoxy) is 1. The fraction of sp³-hybridized carbons (Fsp3) is 0.235. The Balaban J connectivity index is 2.17. The standard InChI is InChI=1S/C17H17FO3/c1-10-6-11(2)16(12(3)7-10)21-9-13-4-5-14(17(19)20)15(18)8-13/h4-8H,9H2,1-3H3,(H,19,20). The molecule has 0 aliphatic carbocycles. The van der Waals surface area contributed by atoms with Crippen molar-refractivity contribution in [2.75, 3.05) is 0 Å². The summed E-state index contributed by atoms with van der Waals surface area (Å²) in [5.41, 5.74) is 3.47. The fourth-order valence-electron chi connectivity index (χ4n) is 2.37. The molecule has 3 nitrogen and oxygen atoms in total. The molecule has 0 saturated heterocycles. The number of aryl methyl sites for hydroxylation is 3. The highest BCUT2D eigenvalue weighted by molar-refractivity contribution is 5.87. The third-order valence-electron chi connectivity index (χ3n) is 3.25. The molecule has 2 rings (SSSR count). The second-order valence-electron chi connectivity index (χ2n) is 5.14. The lowest BCUT2D eigenvalue weighted by Gasteiger charge is -2.13. The number of rotatable bonds is 4. The molecule has 0 saturated carbocycles. The maximum Gasteiger partial charge on any atom is 0.338 e. The van der Waals surface area contributed by atoms with Crippen molar-refractivity contribution >= 4 is 5.97 Å². The van der Waals surface area contributed by atoms with Crippen molar-refractivity contribution in [1.29, 1.82) is 0 Å². The highest BCUT2D eigenvalue weighted by Crippen LogP contribution is 2.25. The van der Waals surface area contributed by atoms with Gasteiger partial charge in [-0.05, 0) is 49.6 Å². The molecule has 0 heterocycles. The summed E-state index contributed by atoms with van der Waals surface area (Å²) in [6, 6.07) is 8.06. The number of carboxylic acid groups (broad SMARTS) is 1. The van der Waals surface area contributed by atoms with Crippen molar-refractivity contribution < 1.29 is 19.0 Å². The van der Waals surface area contributed by atoms with Gasteiger partial charge in [0.1, 0.15) is 18.2 Å². The van der Waals surface area contributed by atoms with Gasteiger partial charge in [0.05, 0.1) is 5.56 Å². The largest absolute Gasteiger partial charge is 0.488 e. The zero-order chi connectivity index (χ0) is 15.6. The first-order valence-corrected chi connectivity index (χ1v) is 6.61. The van der Waals surface area contributed by atoms with Crippen molar-refractivity contribution in [3.63, 3.8) is 0 Å². The molecular weight excluding hydrogens is 271 g/mol. The van der Waals surface area contributed by atoms with Crippen LogP contribution in [0.2, 0.25) is 0 Å². The van der Waals surface area contributed by atoms with Gasteiger partial charge in [-0.3, -0.25) is 0 Å². The average Bonchev–Trinajstić information content (AvgIpc) is 2.36. The molecule has 2 aromatic carbocycles. The summed E-state index contributed by atoms with van der Waals surface area (Å²) in [7, 11) is 0. The third-order valence-corrected chi connectivity index (χ3v) is 3.25. The van der Waals surface area contributed by atoms with Gasteiger partial charge in [-0.2, -0.15) is 0 Å². The van der Waals surface area contributed by atoms with Gasteiger partial charge in [0.25, 0.3) is 0 Å². The van der Waals surface area contributed by atoms with E-state index in [1.165, 1.54) is 12.1 Å². The molecule has 0 aromatic heterocycles. The van der Waals surface area contributed by atoms with Crippen LogP contribution in [-0.4, -0.2) is 11.1 Å². The molecule has 0 radical (unpaired) electrons. The number of hydrogen-bond acceptors (Lipinski definition) is 2. The van der Waals surface area contributed by atoms with E-state index in [2.05, 4.69) is 0 Å². The molecule has 0 amide bonds. The molecule has 0 bridgehead atoms. The van der Waals surface area contributed by atoms with Gasteiger partial charge in [0, 0.05) is 0 Å². The van der Waals surface area contributed by atoms with E-state index in [1.54, 1.807) is 6.07 Å². The molecule has 0 unspecified atom stereocenters. The molecule has 0 aliphatic heterocycles. The van der Waals surface area contributed by atoms with Crippen LogP contribution < -0.4 is 4.74 Å². The van der Waals surface area contributed by atoms with Crippen molar-refractivity contribution in [3.8, 4) is 5.75 Å². The summed E-state index contributed by atoms with van der Waals surface area (Å²) in [5, 5.41) is 8.79. The molecule has 0 spiro atoms. The molecule has 2 aromatic rings. The first-order valence-electron chi connectivity index (χ1n) is 6.61. The highest BCUT2D eigenvalue weighted by Gasteiger charge is 2.11. The normalized spacial score (nSPS) is 10.5. The smallest absolute Gasteiger partial charge is 0.338 e. The second-order valence-corrected chi connectivity index (χ2v) is 5.14. The van der Waals surface area contributed by atoms with Crippen molar-refractivity contribution in [2.24, 2.45) is 0 Å². The van der Waals surface area contributed by atoms with E-state index in [0.717, 1.165) is 22.4 Å². The van der Waals surface area contributed by atoms with Gasteiger partial charge >= 0.3 is 5.97 Å². The van der Waals surface area contributed by atoms with Crippen molar-refractivity contribution in [3.05, 3.63) is 64.0 Å². The topological polar surface area (TPSA) is 46.5 Å². The van der Waals surface area contributed by atoms with E-state index in [9.17, 15) is 9.18 Å². The SMILES string of the molecule is Cc1cc(C)c(OCc2ccc(C(=O)O)c(F)c2)c(C)c1. The van der Waals surface area contributed by atoms with E-state index in [-0.39, 0.29) is 12.2 Å². The maximum absolute atomic E-state index is 13.6. The minimum atomic E-state index is -1.27. The van der Waals surface area contributed by atoms with Crippen LogP contribution >= 0.6 is 0 Å². The zero-order valence-electron chi connectivity index (χ0n) is 12.2. The van der Waals surface area contributed by atoms with Gasteiger partial charge in [-0.25, -0.2) is 9.18 Å². The number of benzene rings is 2. The van der Waals surface area contributed by atoms with Crippen LogP contribution in [0, 0.1) is 26.6 Å². The van der Waals surface area contributed by atoms with Crippen LogP contribution in [0.3, 0.4) is 0 Å². The van der Waals surface area contributed by atoms with E-state index >= 15 is 0 Å². The van der Waals surface area contributed by atoms with Crippen LogP contribution in [0.25, 0.3) is 0 Å². The quantitative estimate of drug-likeness (QED) is 0.924. The van der Waals surface area contributed by atoms with Gasteiger partial charge < -0.3 is 9.84 Å². The van der Waals surface area contributed by atoms with E-state index in [1.807, 2.05) is 32.9 Å². The summed E-state index contributed by atoms with van der Waals surface area (Å²) in [4.78, 5) is 10.8. The number of carboxylic acids is 1. The van der Waals surface area contributed by atoms with Crippen LogP contribution in [0.4, 0.5) is 4.39 Å². The second kappa shape index (κ2) is 5.95. The van der Waals surface area contributed by atoms with Gasteiger partial charge in [0.15, 0.2) is 0 Å². The lowest BCUT2D eigenvalue weighted by Crippen LogP contribution is -2.04. The maximum atomic E-state index is 13.6. The summed E-state index contributed by atoms with van der Waals surface area (Å²) in [5.74, 6) is -1.24. The molecule has 21 heavy (non-hydrogen) atoms. The summed E-state index contributed by atoms with van der Waals surface area (Å²) < 4.78 is 19.4. The van der Waals surface area contributed by atoms with E-state index < -0.39 is 11.8 Å². The lowest BCUT2D eigenvalue weighted by atomic mass is 10.1. The molecule has 0 atom stereocenters. The molecule has 1 N–H and O–H groups in total. The summed E-state index contributed by atoms with van der Waals surface area (Å²) in [6.07, 6.45) is 0. The minimum Gasteiger partial charge on any atom is -0.488 e. The molecule has 4 heteroatoms. The third kappa shape index (κ3) is 3.40. The van der Waals surface area contributed by atoms with Crippen molar-refractivity contribution in [2.45, 2.75) is 27.4 Å². The Labute approximate surface area is 123 Å².